The van der Waals surface area contributed by atoms with Gasteiger partial charge in [-0.2, -0.15) is 0 Å². The van der Waals surface area contributed by atoms with E-state index >= 15 is 0 Å². The molecule has 1 atom stereocenters. The highest BCUT2D eigenvalue weighted by molar-refractivity contribution is 5.88. The van der Waals surface area contributed by atoms with E-state index in [1.807, 2.05) is 11.0 Å². The maximum atomic E-state index is 12.4. The van der Waals surface area contributed by atoms with Crippen molar-refractivity contribution in [2.24, 2.45) is 0 Å². The SMILES string of the molecule is O=C(C1CCCO1)N1CCN(c2ncnc3cnccc23)CC1. The number of amides is 1. The lowest BCUT2D eigenvalue weighted by Gasteiger charge is -2.36. The van der Waals surface area contributed by atoms with E-state index < -0.39 is 0 Å². The Labute approximate surface area is 134 Å². The van der Waals surface area contributed by atoms with Gasteiger partial charge in [0.15, 0.2) is 0 Å². The summed E-state index contributed by atoms with van der Waals surface area (Å²) >= 11 is 0. The van der Waals surface area contributed by atoms with Gasteiger partial charge in [0.1, 0.15) is 18.2 Å². The summed E-state index contributed by atoms with van der Waals surface area (Å²) in [5.74, 6) is 1.06. The third-order valence-electron chi connectivity index (χ3n) is 4.51. The van der Waals surface area contributed by atoms with E-state index in [1.54, 1.807) is 18.7 Å². The molecule has 2 aliphatic rings. The average Bonchev–Trinajstić information content (AvgIpc) is 3.15. The quantitative estimate of drug-likeness (QED) is 0.818. The molecule has 2 aromatic heterocycles. The second-order valence-corrected chi connectivity index (χ2v) is 5.90. The van der Waals surface area contributed by atoms with Crippen LogP contribution in [0.25, 0.3) is 10.9 Å². The number of hydrogen-bond acceptors (Lipinski definition) is 6. The fraction of sp³-hybridized carbons (Fsp3) is 0.500. The number of fused-ring (bicyclic) bond motifs is 1. The molecule has 0 aromatic carbocycles. The summed E-state index contributed by atoms with van der Waals surface area (Å²) in [6.45, 7) is 3.65. The molecule has 1 unspecified atom stereocenters. The van der Waals surface area contributed by atoms with Gasteiger partial charge in [0.2, 0.25) is 0 Å². The molecule has 0 spiro atoms. The maximum Gasteiger partial charge on any atom is 0.251 e. The number of rotatable bonds is 2. The largest absolute Gasteiger partial charge is 0.368 e. The van der Waals surface area contributed by atoms with Crippen molar-refractivity contribution in [1.82, 2.24) is 19.9 Å². The summed E-state index contributed by atoms with van der Waals surface area (Å²) in [6.07, 6.45) is 6.68. The van der Waals surface area contributed by atoms with Crippen molar-refractivity contribution in [3.05, 3.63) is 24.8 Å². The monoisotopic (exact) mass is 313 g/mol. The minimum atomic E-state index is -0.229. The maximum absolute atomic E-state index is 12.4. The van der Waals surface area contributed by atoms with Gasteiger partial charge in [0, 0.05) is 44.4 Å². The van der Waals surface area contributed by atoms with Crippen LogP contribution >= 0.6 is 0 Å². The molecular weight excluding hydrogens is 294 g/mol. The van der Waals surface area contributed by atoms with Gasteiger partial charge in [-0.05, 0) is 18.9 Å². The van der Waals surface area contributed by atoms with Crippen LogP contribution in [0.4, 0.5) is 5.82 Å². The summed E-state index contributed by atoms with van der Waals surface area (Å²) in [6, 6.07) is 1.94. The van der Waals surface area contributed by atoms with Crippen LogP contribution in [0.15, 0.2) is 24.8 Å². The fourth-order valence-corrected chi connectivity index (χ4v) is 3.26. The van der Waals surface area contributed by atoms with Gasteiger partial charge in [0.05, 0.1) is 11.7 Å². The molecule has 2 aromatic rings. The third-order valence-corrected chi connectivity index (χ3v) is 4.51. The van der Waals surface area contributed by atoms with Gasteiger partial charge in [-0.25, -0.2) is 9.97 Å². The van der Waals surface area contributed by atoms with Crippen molar-refractivity contribution in [3.63, 3.8) is 0 Å². The number of nitrogens with zero attached hydrogens (tertiary/aromatic N) is 5. The Bertz CT molecular complexity index is 703. The van der Waals surface area contributed by atoms with E-state index in [-0.39, 0.29) is 12.0 Å². The summed E-state index contributed by atoms with van der Waals surface area (Å²) in [7, 11) is 0. The van der Waals surface area contributed by atoms with Gasteiger partial charge < -0.3 is 14.5 Å². The zero-order valence-corrected chi connectivity index (χ0v) is 12.9. The van der Waals surface area contributed by atoms with Crippen molar-refractivity contribution in [3.8, 4) is 0 Å². The second kappa shape index (κ2) is 6.08. The van der Waals surface area contributed by atoms with Gasteiger partial charge in [0.25, 0.3) is 5.91 Å². The molecule has 0 radical (unpaired) electrons. The topological polar surface area (TPSA) is 71.5 Å². The molecular formula is C16H19N5O2. The number of hydrogen-bond donors (Lipinski definition) is 0. The normalized spacial score (nSPS) is 21.8. The van der Waals surface area contributed by atoms with Crippen LogP contribution < -0.4 is 4.90 Å². The van der Waals surface area contributed by atoms with Gasteiger partial charge in [-0.15, -0.1) is 0 Å². The van der Waals surface area contributed by atoms with Crippen molar-refractivity contribution in [2.75, 3.05) is 37.7 Å². The lowest BCUT2D eigenvalue weighted by atomic mass is 10.2. The number of anilines is 1. The van der Waals surface area contributed by atoms with Crippen molar-refractivity contribution in [2.45, 2.75) is 18.9 Å². The Kier molecular flexibility index (Phi) is 3.78. The molecule has 0 aliphatic carbocycles. The number of carbonyl (C=O) groups excluding carboxylic acids is 1. The number of ether oxygens (including phenoxy) is 1. The van der Waals surface area contributed by atoms with Crippen LogP contribution in [0.5, 0.6) is 0 Å². The van der Waals surface area contributed by atoms with Crippen LogP contribution in [0.2, 0.25) is 0 Å². The summed E-state index contributed by atoms with van der Waals surface area (Å²) in [5.41, 5.74) is 0.843. The summed E-state index contributed by atoms with van der Waals surface area (Å²) in [4.78, 5) is 29.3. The minimum absolute atomic E-state index is 0.138. The molecule has 4 rings (SSSR count). The Balaban J connectivity index is 1.47. The molecule has 2 aliphatic heterocycles. The number of carbonyl (C=O) groups is 1. The lowest BCUT2D eigenvalue weighted by molar-refractivity contribution is -0.141. The number of pyridine rings is 1. The lowest BCUT2D eigenvalue weighted by Crippen LogP contribution is -2.51. The minimum Gasteiger partial charge on any atom is -0.368 e. The first-order valence-electron chi connectivity index (χ1n) is 8.03. The molecule has 2 saturated heterocycles. The molecule has 0 N–H and O–H groups in total. The Morgan fingerprint density at radius 3 is 2.87 bits per heavy atom. The predicted molar refractivity (Wildman–Crippen MR) is 85.1 cm³/mol. The van der Waals surface area contributed by atoms with Gasteiger partial charge in [-0.3, -0.25) is 9.78 Å². The highest BCUT2D eigenvalue weighted by atomic mass is 16.5. The van der Waals surface area contributed by atoms with E-state index in [1.165, 1.54) is 0 Å². The molecule has 1 amide bonds. The van der Waals surface area contributed by atoms with Crippen molar-refractivity contribution in [1.29, 1.82) is 0 Å². The van der Waals surface area contributed by atoms with E-state index in [0.717, 1.165) is 42.7 Å². The van der Waals surface area contributed by atoms with Crippen molar-refractivity contribution < 1.29 is 9.53 Å². The molecule has 7 nitrogen and oxygen atoms in total. The summed E-state index contributed by atoms with van der Waals surface area (Å²) in [5, 5.41) is 1.00. The van der Waals surface area contributed by atoms with Gasteiger partial charge in [-0.1, -0.05) is 0 Å². The summed E-state index contributed by atoms with van der Waals surface area (Å²) < 4.78 is 5.50. The highest BCUT2D eigenvalue weighted by Gasteiger charge is 2.30. The predicted octanol–water partition coefficient (Wildman–Crippen LogP) is 0.852. The average molecular weight is 313 g/mol. The van der Waals surface area contributed by atoms with E-state index in [0.29, 0.717) is 19.7 Å². The van der Waals surface area contributed by atoms with Crippen LogP contribution in [0, 0.1) is 0 Å². The van der Waals surface area contributed by atoms with E-state index in [4.69, 9.17) is 4.74 Å². The first-order valence-corrected chi connectivity index (χ1v) is 8.03. The standard InChI is InChI=1S/C16H19N5O2/c22-16(14-2-1-9-23-14)21-7-5-20(6-8-21)15-12-3-4-17-10-13(12)18-11-19-15/h3-4,10-11,14H,1-2,5-9H2. The van der Waals surface area contributed by atoms with E-state index in [9.17, 15) is 4.79 Å². The molecule has 7 heteroatoms. The first-order chi connectivity index (χ1) is 11.3. The van der Waals surface area contributed by atoms with Crippen LogP contribution in [0.3, 0.4) is 0 Å². The van der Waals surface area contributed by atoms with Crippen LogP contribution in [-0.4, -0.2) is 64.6 Å². The molecule has 4 heterocycles. The number of piperazine rings is 1. The third kappa shape index (κ3) is 2.72. The zero-order valence-electron chi connectivity index (χ0n) is 12.9. The molecule has 2 fully saturated rings. The number of aromatic nitrogens is 3. The second-order valence-electron chi connectivity index (χ2n) is 5.90. The van der Waals surface area contributed by atoms with Crippen LogP contribution in [0.1, 0.15) is 12.8 Å². The Hall–Kier alpha value is -2.28. The van der Waals surface area contributed by atoms with Crippen molar-refractivity contribution >= 4 is 22.6 Å². The fourth-order valence-electron chi connectivity index (χ4n) is 3.26. The van der Waals surface area contributed by atoms with Crippen LogP contribution in [-0.2, 0) is 9.53 Å². The zero-order chi connectivity index (χ0) is 15.6. The highest BCUT2D eigenvalue weighted by Crippen LogP contribution is 2.23. The molecule has 120 valence electrons. The molecule has 0 saturated carbocycles. The first kappa shape index (κ1) is 14.3. The Morgan fingerprint density at radius 2 is 2.09 bits per heavy atom. The van der Waals surface area contributed by atoms with Gasteiger partial charge >= 0.3 is 0 Å². The smallest absolute Gasteiger partial charge is 0.251 e. The Morgan fingerprint density at radius 1 is 1.22 bits per heavy atom. The van der Waals surface area contributed by atoms with E-state index in [2.05, 4.69) is 19.9 Å². The molecule has 23 heavy (non-hydrogen) atoms. The molecule has 0 bridgehead atoms.